The molecule has 3 heterocycles. The van der Waals surface area contributed by atoms with Gasteiger partial charge in [-0.3, -0.25) is 4.79 Å². The van der Waals surface area contributed by atoms with Gasteiger partial charge in [0, 0.05) is 26.4 Å². The smallest absolute Gasteiger partial charge is 0.261 e. The van der Waals surface area contributed by atoms with Gasteiger partial charge in [0.1, 0.15) is 17.3 Å². The highest BCUT2D eigenvalue weighted by atomic mass is 35.5. The lowest BCUT2D eigenvalue weighted by Gasteiger charge is -2.08. The first-order valence-corrected chi connectivity index (χ1v) is 10.2. The number of aromatic nitrogens is 3. The molecular weight excluding hydrogens is 437 g/mol. The molecule has 0 saturated carbocycles. The third-order valence-corrected chi connectivity index (χ3v) is 5.67. The van der Waals surface area contributed by atoms with E-state index in [0.29, 0.717) is 50.4 Å². The number of hydrogen-bond donors (Lipinski definition) is 2. The number of thiophene rings is 1. The van der Waals surface area contributed by atoms with E-state index in [1.165, 1.54) is 24.6 Å². The highest BCUT2D eigenvalue weighted by molar-refractivity contribution is 7.20. The molecule has 8 nitrogen and oxygen atoms in total. The summed E-state index contributed by atoms with van der Waals surface area (Å²) in [5, 5.41) is 7.55. The second-order valence-corrected chi connectivity index (χ2v) is 7.83. The highest BCUT2D eigenvalue weighted by Crippen LogP contribution is 2.35. The molecule has 29 heavy (non-hydrogen) atoms. The molecule has 0 saturated heterocycles. The van der Waals surface area contributed by atoms with Crippen LogP contribution in [0.2, 0.25) is 10.0 Å². The van der Waals surface area contributed by atoms with Crippen molar-refractivity contribution in [1.29, 1.82) is 0 Å². The monoisotopic (exact) mass is 455 g/mol. The number of carbonyl (C=O) groups excluding carboxylic acids is 1. The molecule has 3 aromatic rings. The Balaban J connectivity index is 1.69. The Labute approximate surface area is 181 Å². The van der Waals surface area contributed by atoms with Gasteiger partial charge in [0.25, 0.3) is 5.91 Å². The number of carbonyl (C=O) groups is 1. The molecule has 0 aliphatic carbocycles. The molecule has 0 aliphatic rings. The number of pyridine rings is 1. The van der Waals surface area contributed by atoms with Crippen LogP contribution in [0.4, 0.5) is 5.82 Å². The zero-order chi connectivity index (χ0) is 21.0. The van der Waals surface area contributed by atoms with Crippen LogP contribution in [0.1, 0.15) is 21.1 Å². The van der Waals surface area contributed by atoms with Crippen molar-refractivity contribution in [1.82, 2.24) is 20.3 Å². The van der Waals surface area contributed by atoms with Gasteiger partial charge in [0.2, 0.25) is 5.88 Å². The molecular formula is C18H19Cl2N5O3S. The van der Waals surface area contributed by atoms with Crippen LogP contribution in [0.15, 0.2) is 12.3 Å². The quantitative estimate of drug-likeness (QED) is 0.499. The molecule has 2 N–H and O–H groups in total. The topological polar surface area (TPSA) is 98.3 Å². The fourth-order valence-corrected chi connectivity index (χ4v) is 4.24. The van der Waals surface area contributed by atoms with Crippen molar-refractivity contribution in [2.75, 3.05) is 32.6 Å². The molecule has 0 aliphatic heterocycles. The summed E-state index contributed by atoms with van der Waals surface area (Å²) in [4.78, 5) is 26.8. The minimum absolute atomic E-state index is 0.196. The first-order valence-electron chi connectivity index (χ1n) is 8.60. The van der Waals surface area contributed by atoms with Gasteiger partial charge < -0.3 is 20.1 Å². The maximum atomic E-state index is 12.7. The van der Waals surface area contributed by atoms with E-state index < -0.39 is 0 Å². The summed E-state index contributed by atoms with van der Waals surface area (Å²) in [6.07, 6.45) is 1.50. The Morgan fingerprint density at radius 2 is 2.03 bits per heavy atom. The second-order valence-electron chi connectivity index (χ2n) is 5.99. The fraction of sp³-hybridized carbons (Fsp3) is 0.333. The molecule has 0 unspecified atom stereocenters. The number of rotatable bonds is 8. The van der Waals surface area contributed by atoms with Crippen LogP contribution in [0.5, 0.6) is 5.88 Å². The minimum Gasteiger partial charge on any atom is -0.480 e. The van der Waals surface area contributed by atoms with Crippen LogP contribution in [-0.4, -0.2) is 48.2 Å². The predicted molar refractivity (Wildman–Crippen MR) is 114 cm³/mol. The summed E-state index contributed by atoms with van der Waals surface area (Å²) in [7, 11) is 3.11. The Kier molecular flexibility index (Phi) is 7.07. The highest BCUT2D eigenvalue weighted by Gasteiger charge is 2.21. The summed E-state index contributed by atoms with van der Waals surface area (Å²) in [6, 6.07) is 1.60. The van der Waals surface area contributed by atoms with Gasteiger partial charge in [-0.1, -0.05) is 23.2 Å². The molecule has 0 bridgehead atoms. The van der Waals surface area contributed by atoms with Crippen LogP contribution in [0.25, 0.3) is 10.2 Å². The number of hydrogen-bond acceptors (Lipinski definition) is 8. The normalized spacial score (nSPS) is 10.9. The van der Waals surface area contributed by atoms with E-state index in [1.54, 1.807) is 13.2 Å². The SMILES string of the molecule is COCc1nc(OC)c2c(C)c(C(=O)NCCNc3ncc(Cl)cc3Cl)sc2n1. The lowest BCUT2D eigenvalue weighted by Crippen LogP contribution is -2.28. The largest absolute Gasteiger partial charge is 0.480 e. The third kappa shape index (κ3) is 4.87. The number of aryl methyl sites for hydroxylation is 1. The van der Waals surface area contributed by atoms with Gasteiger partial charge in [0.05, 0.1) is 27.4 Å². The molecule has 0 aromatic carbocycles. The Morgan fingerprint density at radius 1 is 1.24 bits per heavy atom. The Hall–Kier alpha value is -2.20. The Morgan fingerprint density at radius 3 is 2.72 bits per heavy atom. The minimum atomic E-state index is -0.196. The summed E-state index contributed by atoms with van der Waals surface area (Å²) in [6.45, 7) is 2.94. The zero-order valence-corrected chi connectivity index (χ0v) is 18.3. The van der Waals surface area contributed by atoms with Crippen LogP contribution in [0, 0.1) is 6.92 Å². The third-order valence-electron chi connectivity index (χ3n) is 3.99. The number of methoxy groups -OCH3 is 2. The van der Waals surface area contributed by atoms with Crippen molar-refractivity contribution in [2.24, 2.45) is 0 Å². The van der Waals surface area contributed by atoms with Gasteiger partial charge in [-0.05, 0) is 18.6 Å². The fourth-order valence-electron chi connectivity index (χ4n) is 2.68. The van der Waals surface area contributed by atoms with Crippen molar-refractivity contribution in [3.8, 4) is 5.88 Å². The van der Waals surface area contributed by atoms with E-state index >= 15 is 0 Å². The number of fused-ring (bicyclic) bond motifs is 1. The average Bonchev–Trinajstić information content (AvgIpc) is 3.03. The molecule has 0 fully saturated rings. The van der Waals surface area contributed by atoms with E-state index in [-0.39, 0.29) is 12.5 Å². The van der Waals surface area contributed by atoms with Gasteiger partial charge in [-0.15, -0.1) is 11.3 Å². The summed E-state index contributed by atoms with van der Waals surface area (Å²) in [5.74, 6) is 1.24. The summed E-state index contributed by atoms with van der Waals surface area (Å²) < 4.78 is 10.5. The number of halogens is 2. The van der Waals surface area contributed by atoms with Crippen molar-refractivity contribution in [3.63, 3.8) is 0 Å². The molecule has 154 valence electrons. The van der Waals surface area contributed by atoms with Crippen molar-refractivity contribution >= 4 is 56.5 Å². The number of ether oxygens (including phenoxy) is 2. The maximum absolute atomic E-state index is 12.7. The summed E-state index contributed by atoms with van der Waals surface area (Å²) >= 11 is 13.2. The van der Waals surface area contributed by atoms with Crippen LogP contribution in [-0.2, 0) is 11.3 Å². The first kappa shape index (κ1) is 21.5. The molecule has 3 rings (SSSR count). The predicted octanol–water partition coefficient (Wildman–Crippen LogP) is 3.70. The van der Waals surface area contributed by atoms with E-state index in [0.717, 1.165) is 10.9 Å². The first-order chi connectivity index (χ1) is 13.9. The number of nitrogens with zero attached hydrogens (tertiary/aromatic N) is 3. The van der Waals surface area contributed by atoms with Gasteiger partial charge >= 0.3 is 0 Å². The molecule has 3 aromatic heterocycles. The number of anilines is 1. The zero-order valence-electron chi connectivity index (χ0n) is 16.0. The van der Waals surface area contributed by atoms with Gasteiger partial charge in [0.15, 0.2) is 5.82 Å². The number of amides is 1. The van der Waals surface area contributed by atoms with E-state index in [9.17, 15) is 4.79 Å². The molecule has 0 radical (unpaired) electrons. The number of nitrogens with one attached hydrogen (secondary N) is 2. The Bertz CT molecular complexity index is 1040. The molecule has 11 heteroatoms. The van der Waals surface area contributed by atoms with E-state index in [1.807, 2.05) is 6.92 Å². The second kappa shape index (κ2) is 9.53. The van der Waals surface area contributed by atoms with E-state index in [4.69, 9.17) is 32.7 Å². The van der Waals surface area contributed by atoms with Crippen LogP contribution >= 0.6 is 34.5 Å². The lowest BCUT2D eigenvalue weighted by molar-refractivity contribution is 0.0958. The lowest BCUT2D eigenvalue weighted by atomic mass is 10.2. The standard InChI is InChI=1S/C18H19Cl2N5O3S/c1-9-13-17(28-3)24-12(8-27-2)25-18(13)29-14(9)16(26)22-5-4-21-15-11(20)6-10(19)7-23-15/h6-7H,4-5,8H2,1-3H3,(H,21,23)(H,22,26). The van der Waals surface area contributed by atoms with Crippen molar-refractivity contribution in [3.05, 3.63) is 38.6 Å². The van der Waals surface area contributed by atoms with Gasteiger partial charge in [-0.25, -0.2) is 9.97 Å². The van der Waals surface area contributed by atoms with Crippen molar-refractivity contribution < 1.29 is 14.3 Å². The van der Waals surface area contributed by atoms with E-state index in [2.05, 4.69) is 25.6 Å². The molecule has 0 spiro atoms. The summed E-state index contributed by atoms with van der Waals surface area (Å²) in [5.41, 5.74) is 0.777. The molecule has 0 atom stereocenters. The van der Waals surface area contributed by atoms with Crippen LogP contribution < -0.4 is 15.4 Å². The average molecular weight is 456 g/mol. The maximum Gasteiger partial charge on any atom is 0.261 e. The van der Waals surface area contributed by atoms with Gasteiger partial charge in [-0.2, -0.15) is 4.98 Å². The van der Waals surface area contributed by atoms with Crippen LogP contribution in [0.3, 0.4) is 0 Å². The van der Waals surface area contributed by atoms with Crippen molar-refractivity contribution in [2.45, 2.75) is 13.5 Å². The molecule has 1 amide bonds.